The number of amides is 1. The van der Waals surface area contributed by atoms with E-state index in [-0.39, 0.29) is 18.9 Å². The Balaban J connectivity index is 1.51. The number of aromatic amines is 1. The number of likely N-dealkylation sites (tertiary alicyclic amines) is 2. The molecule has 1 aromatic rings. The van der Waals surface area contributed by atoms with Crippen molar-refractivity contribution in [2.24, 2.45) is 11.3 Å². The minimum atomic E-state index is -2.81. The molecule has 1 aromatic heterocycles. The van der Waals surface area contributed by atoms with Gasteiger partial charge in [0.25, 0.3) is 5.92 Å². The fourth-order valence-corrected chi connectivity index (χ4v) is 4.14. The van der Waals surface area contributed by atoms with Crippen LogP contribution >= 0.6 is 0 Å². The Hall–Kier alpha value is -1.50. The van der Waals surface area contributed by atoms with Gasteiger partial charge < -0.3 is 4.90 Å². The lowest BCUT2D eigenvalue weighted by atomic mass is 9.77. The summed E-state index contributed by atoms with van der Waals surface area (Å²) in [5.41, 5.74) is -0.0291. The molecule has 7 heteroatoms. The quantitative estimate of drug-likeness (QED) is 0.920. The Bertz CT molecular complexity index is 587. The van der Waals surface area contributed by atoms with Crippen LogP contribution in [0, 0.1) is 11.3 Å². The summed E-state index contributed by atoms with van der Waals surface area (Å²) >= 11 is 0. The normalized spacial score (nSPS) is 31.2. The third-order valence-electron chi connectivity index (χ3n) is 5.32. The zero-order chi connectivity index (χ0) is 16.1. The maximum absolute atomic E-state index is 14.3. The molecule has 4 rings (SSSR count). The van der Waals surface area contributed by atoms with Gasteiger partial charge in [0.15, 0.2) is 0 Å². The summed E-state index contributed by atoms with van der Waals surface area (Å²) in [5.74, 6) is -2.27. The molecule has 23 heavy (non-hydrogen) atoms. The molecule has 2 aliphatic heterocycles. The predicted octanol–water partition coefficient (Wildman–Crippen LogP) is 1.88. The summed E-state index contributed by atoms with van der Waals surface area (Å²) in [7, 11) is 0. The first kappa shape index (κ1) is 15.1. The fourth-order valence-electron chi connectivity index (χ4n) is 4.14. The van der Waals surface area contributed by atoms with Crippen molar-refractivity contribution >= 4 is 5.91 Å². The van der Waals surface area contributed by atoms with Crippen LogP contribution in [0.15, 0.2) is 12.4 Å². The first-order chi connectivity index (χ1) is 11.0. The molecule has 3 aliphatic rings. The van der Waals surface area contributed by atoms with E-state index in [1.54, 1.807) is 17.3 Å². The van der Waals surface area contributed by atoms with Crippen molar-refractivity contribution in [3.63, 3.8) is 0 Å². The zero-order valence-electron chi connectivity index (χ0n) is 13.1. The number of hydrogen-bond acceptors (Lipinski definition) is 3. The van der Waals surface area contributed by atoms with E-state index in [0.29, 0.717) is 32.0 Å². The molecule has 1 unspecified atom stereocenters. The molecule has 1 amide bonds. The third-order valence-corrected chi connectivity index (χ3v) is 5.32. The molecular weight excluding hydrogens is 302 g/mol. The number of aromatic nitrogens is 2. The molecule has 1 aliphatic carbocycles. The molecule has 1 atom stereocenters. The second kappa shape index (κ2) is 5.26. The Kier molecular flexibility index (Phi) is 3.44. The van der Waals surface area contributed by atoms with Gasteiger partial charge in [-0.2, -0.15) is 5.10 Å². The van der Waals surface area contributed by atoms with E-state index < -0.39 is 11.3 Å². The number of halogens is 2. The van der Waals surface area contributed by atoms with Crippen LogP contribution in [0.2, 0.25) is 0 Å². The van der Waals surface area contributed by atoms with Gasteiger partial charge in [0, 0.05) is 44.4 Å². The second-order valence-electron chi connectivity index (χ2n) is 7.51. The van der Waals surface area contributed by atoms with E-state index in [1.165, 1.54) is 12.8 Å². The number of rotatable bonds is 4. The van der Waals surface area contributed by atoms with Gasteiger partial charge in [-0.25, -0.2) is 8.78 Å². The van der Waals surface area contributed by atoms with E-state index >= 15 is 0 Å². The standard InChI is InChI=1S/C16H22F2N4O/c17-16(18)9-15(3-4-22(14(15)23)8-12-1-2-12)10-21(11-16)7-13-5-19-20-6-13/h5-6,12H,1-4,7-11H2,(H,19,20). The molecule has 0 aromatic carbocycles. The zero-order valence-corrected chi connectivity index (χ0v) is 13.1. The average Bonchev–Trinajstić information content (AvgIpc) is 3.07. The molecule has 126 valence electrons. The van der Waals surface area contributed by atoms with Gasteiger partial charge in [-0.3, -0.25) is 14.8 Å². The van der Waals surface area contributed by atoms with Crippen molar-refractivity contribution in [3.05, 3.63) is 18.0 Å². The number of nitrogens with zero attached hydrogens (tertiary/aromatic N) is 3. The number of nitrogens with one attached hydrogen (secondary N) is 1. The van der Waals surface area contributed by atoms with Crippen LogP contribution in [0.5, 0.6) is 0 Å². The number of H-pyrrole nitrogens is 1. The van der Waals surface area contributed by atoms with E-state index in [2.05, 4.69) is 10.2 Å². The topological polar surface area (TPSA) is 52.2 Å². The van der Waals surface area contributed by atoms with Crippen LogP contribution in [-0.4, -0.2) is 58.0 Å². The monoisotopic (exact) mass is 324 g/mol. The van der Waals surface area contributed by atoms with Gasteiger partial charge in [0.1, 0.15) is 0 Å². The maximum atomic E-state index is 14.3. The van der Waals surface area contributed by atoms with Crippen molar-refractivity contribution in [2.45, 2.75) is 38.2 Å². The van der Waals surface area contributed by atoms with Crippen LogP contribution in [-0.2, 0) is 11.3 Å². The predicted molar refractivity (Wildman–Crippen MR) is 79.8 cm³/mol. The second-order valence-corrected chi connectivity index (χ2v) is 7.51. The van der Waals surface area contributed by atoms with Crippen molar-refractivity contribution < 1.29 is 13.6 Å². The lowest BCUT2D eigenvalue weighted by Gasteiger charge is -2.42. The molecule has 5 nitrogen and oxygen atoms in total. The average molecular weight is 324 g/mol. The first-order valence-corrected chi connectivity index (χ1v) is 8.33. The molecule has 1 spiro atoms. The molecule has 0 bridgehead atoms. The van der Waals surface area contributed by atoms with Crippen LogP contribution in [0.25, 0.3) is 0 Å². The summed E-state index contributed by atoms with van der Waals surface area (Å²) in [5, 5.41) is 6.57. The van der Waals surface area contributed by atoms with Gasteiger partial charge in [0.05, 0.1) is 18.2 Å². The van der Waals surface area contributed by atoms with Crippen molar-refractivity contribution in [3.8, 4) is 0 Å². The SMILES string of the molecule is O=C1N(CC2CC2)CCC12CN(Cc1cn[nH]c1)CC(F)(F)C2. The molecule has 1 N–H and O–H groups in total. The number of carbonyl (C=O) groups is 1. The van der Waals surface area contributed by atoms with E-state index in [1.807, 2.05) is 4.90 Å². The van der Waals surface area contributed by atoms with Crippen molar-refractivity contribution in [1.29, 1.82) is 0 Å². The summed E-state index contributed by atoms with van der Waals surface area (Å²) < 4.78 is 28.6. The maximum Gasteiger partial charge on any atom is 0.261 e. The smallest absolute Gasteiger partial charge is 0.261 e. The highest BCUT2D eigenvalue weighted by atomic mass is 19.3. The van der Waals surface area contributed by atoms with Crippen molar-refractivity contribution in [2.75, 3.05) is 26.2 Å². The van der Waals surface area contributed by atoms with Crippen LogP contribution in [0.3, 0.4) is 0 Å². The highest BCUT2D eigenvalue weighted by molar-refractivity contribution is 5.85. The highest BCUT2D eigenvalue weighted by Gasteiger charge is 2.56. The van der Waals surface area contributed by atoms with Crippen LogP contribution in [0.4, 0.5) is 8.78 Å². The van der Waals surface area contributed by atoms with Crippen LogP contribution in [0.1, 0.15) is 31.2 Å². The number of carbonyl (C=O) groups excluding carboxylic acids is 1. The van der Waals surface area contributed by atoms with Gasteiger partial charge in [-0.15, -0.1) is 0 Å². The van der Waals surface area contributed by atoms with Gasteiger partial charge >= 0.3 is 0 Å². The molecule has 0 radical (unpaired) electrons. The molecule has 3 heterocycles. The Labute approximate surface area is 134 Å². The van der Waals surface area contributed by atoms with E-state index in [9.17, 15) is 13.6 Å². The summed E-state index contributed by atoms with van der Waals surface area (Å²) in [6.07, 6.45) is 5.95. The molecule has 2 saturated heterocycles. The summed E-state index contributed by atoms with van der Waals surface area (Å²) in [6.45, 7) is 1.94. The number of alkyl halides is 2. The number of piperidine rings is 1. The third kappa shape index (κ3) is 2.98. The molecule has 1 saturated carbocycles. The van der Waals surface area contributed by atoms with Gasteiger partial charge in [-0.05, 0) is 25.2 Å². The Morgan fingerprint density at radius 3 is 2.87 bits per heavy atom. The van der Waals surface area contributed by atoms with E-state index in [0.717, 1.165) is 12.1 Å². The van der Waals surface area contributed by atoms with Crippen LogP contribution < -0.4 is 0 Å². The largest absolute Gasteiger partial charge is 0.342 e. The molecule has 3 fully saturated rings. The lowest BCUT2D eigenvalue weighted by Crippen LogP contribution is -2.55. The van der Waals surface area contributed by atoms with E-state index in [4.69, 9.17) is 0 Å². The van der Waals surface area contributed by atoms with Gasteiger partial charge in [0.2, 0.25) is 5.91 Å². The minimum Gasteiger partial charge on any atom is -0.342 e. The van der Waals surface area contributed by atoms with Gasteiger partial charge in [-0.1, -0.05) is 0 Å². The first-order valence-electron chi connectivity index (χ1n) is 8.33. The Morgan fingerprint density at radius 1 is 1.35 bits per heavy atom. The van der Waals surface area contributed by atoms with Crippen molar-refractivity contribution in [1.82, 2.24) is 20.0 Å². The lowest BCUT2D eigenvalue weighted by molar-refractivity contribution is -0.155. The highest BCUT2D eigenvalue weighted by Crippen LogP contribution is 2.46. The fraction of sp³-hybridized carbons (Fsp3) is 0.750. The molecular formula is C16H22F2N4O. The summed E-state index contributed by atoms with van der Waals surface area (Å²) in [6, 6.07) is 0. The number of hydrogen-bond donors (Lipinski definition) is 1. The Morgan fingerprint density at radius 2 is 2.17 bits per heavy atom. The minimum absolute atomic E-state index is 0.0547. The summed E-state index contributed by atoms with van der Waals surface area (Å²) in [4.78, 5) is 16.4.